The monoisotopic (exact) mass is 400 g/mol. The van der Waals surface area contributed by atoms with Gasteiger partial charge >= 0.3 is 0 Å². The van der Waals surface area contributed by atoms with E-state index < -0.39 is 22.0 Å². The lowest BCUT2D eigenvalue weighted by molar-refractivity contribution is -0.120. The topological polar surface area (TPSA) is 83.6 Å². The van der Waals surface area contributed by atoms with E-state index in [2.05, 4.69) is 5.32 Å². The first kappa shape index (κ1) is 20.2. The van der Waals surface area contributed by atoms with Gasteiger partial charge in [0.25, 0.3) is 0 Å². The number of ketones is 1. The summed E-state index contributed by atoms with van der Waals surface area (Å²) in [5, 5.41) is 2.76. The Hall–Kier alpha value is -2.51. The maximum atomic E-state index is 13.1. The van der Waals surface area contributed by atoms with E-state index in [0.29, 0.717) is 30.6 Å². The number of para-hydroxylation sites is 1. The third kappa shape index (κ3) is 4.15. The minimum Gasteiger partial charge on any atom is -0.324 e. The van der Waals surface area contributed by atoms with E-state index >= 15 is 0 Å². The first-order chi connectivity index (χ1) is 13.3. The summed E-state index contributed by atoms with van der Waals surface area (Å²) in [5.74, 6) is -0.576. The molecule has 0 aliphatic carbocycles. The zero-order valence-electron chi connectivity index (χ0n) is 16.0. The van der Waals surface area contributed by atoms with Crippen molar-refractivity contribution in [3.63, 3.8) is 0 Å². The van der Waals surface area contributed by atoms with Crippen molar-refractivity contribution in [2.75, 3.05) is 11.9 Å². The van der Waals surface area contributed by atoms with E-state index in [1.807, 2.05) is 6.92 Å². The molecular formula is C21H24N2O4S. The van der Waals surface area contributed by atoms with Gasteiger partial charge in [-0.3, -0.25) is 9.59 Å². The molecule has 28 heavy (non-hydrogen) atoms. The largest absolute Gasteiger partial charge is 0.324 e. The molecule has 0 bridgehead atoms. The minimum atomic E-state index is -3.79. The molecule has 1 saturated heterocycles. The normalized spacial score (nSPS) is 17.9. The fourth-order valence-electron chi connectivity index (χ4n) is 3.42. The van der Waals surface area contributed by atoms with Crippen LogP contribution in [0, 0.1) is 6.92 Å². The fourth-order valence-corrected chi connectivity index (χ4v) is 5.07. The van der Waals surface area contributed by atoms with Crippen molar-refractivity contribution in [3.8, 4) is 0 Å². The lowest BCUT2D eigenvalue weighted by Gasteiger charge is -2.33. The molecule has 3 rings (SSSR count). The highest BCUT2D eigenvalue weighted by Gasteiger charge is 2.37. The molecule has 1 amide bonds. The van der Waals surface area contributed by atoms with Crippen LogP contribution in [0.3, 0.4) is 0 Å². The Morgan fingerprint density at radius 3 is 2.39 bits per heavy atom. The lowest BCUT2D eigenvalue weighted by atomic mass is 10.0. The number of carbonyl (C=O) groups is 2. The van der Waals surface area contributed by atoms with Crippen LogP contribution >= 0.6 is 0 Å². The van der Waals surface area contributed by atoms with E-state index in [4.69, 9.17) is 0 Å². The lowest BCUT2D eigenvalue weighted by Crippen LogP contribution is -2.49. The summed E-state index contributed by atoms with van der Waals surface area (Å²) >= 11 is 0. The zero-order valence-corrected chi connectivity index (χ0v) is 16.8. The highest BCUT2D eigenvalue weighted by Crippen LogP contribution is 2.27. The SMILES string of the molecule is CC(=O)c1ccccc1NC(=O)C1CCCCN1S(=O)(=O)c1ccc(C)cc1. The molecule has 1 fully saturated rings. The number of carbonyl (C=O) groups excluding carboxylic acids is 2. The van der Waals surface area contributed by atoms with Crippen LogP contribution in [0.1, 0.15) is 42.1 Å². The Labute approximate surface area is 165 Å². The Morgan fingerprint density at radius 1 is 1.04 bits per heavy atom. The fraction of sp³-hybridized carbons (Fsp3) is 0.333. The zero-order chi connectivity index (χ0) is 20.3. The predicted octanol–water partition coefficient (Wildman–Crippen LogP) is 3.38. The average molecular weight is 401 g/mol. The Balaban J connectivity index is 1.88. The summed E-state index contributed by atoms with van der Waals surface area (Å²) < 4.78 is 27.6. The van der Waals surface area contributed by atoms with Crippen molar-refractivity contribution in [3.05, 3.63) is 59.7 Å². The molecule has 1 unspecified atom stereocenters. The minimum absolute atomic E-state index is 0.163. The smallest absolute Gasteiger partial charge is 0.243 e. The second-order valence-electron chi connectivity index (χ2n) is 7.03. The summed E-state index contributed by atoms with van der Waals surface area (Å²) in [4.78, 5) is 24.9. The van der Waals surface area contributed by atoms with E-state index in [9.17, 15) is 18.0 Å². The Morgan fingerprint density at radius 2 is 1.71 bits per heavy atom. The number of amides is 1. The Kier molecular flexibility index (Phi) is 5.96. The standard InChI is InChI=1S/C21H24N2O4S/c1-15-10-12-17(13-11-15)28(26,27)23-14-6-5-9-20(23)21(25)22-19-8-4-3-7-18(19)16(2)24/h3-4,7-8,10-13,20H,5-6,9,14H2,1-2H3,(H,22,25). The van der Waals surface area contributed by atoms with Crippen LogP contribution in [0.25, 0.3) is 0 Å². The molecule has 148 valence electrons. The third-order valence-electron chi connectivity index (χ3n) is 4.95. The first-order valence-corrected chi connectivity index (χ1v) is 10.7. The number of hydrogen-bond acceptors (Lipinski definition) is 4. The number of rotatable bonds is 5. The van der Waals surface area contributed by atoms with E-state index in [1.54, 1.807) is 48.5 Å². The van der Waals surface area contributed by atoms with Crippen LogP contribution in [0.15, 0.2) is 53.4 Å². The van der Waals surface area contributed by atoms with Gasteiger partial charge in [0.1, 0.15) is 6.04 Å². The molecule has 2 aromatic rings. The molecule has 1 aliphatic heterocycles. The maximum absolute atomic E-state index is 13.1. The molecule has 0 radical (unpaired) electrons. The van der Waals surface area contributed by atoms with Gasteiger partial charge in [-0.25, -0.2) is 8.42 Å². The molecule has 6 nitrogen and oxygen atoms in total. The third-order valence-corrected chi connectivity index (χ3v) is 6.87. The van der Waals surface area contributed by atoms with Gasteiger partial charge < -0.3 is 5.32 Å². The maximum Gasteiger partial charge on any atom is 0.243 e. The van der Waals surface area contributed by atoms with Crippen molar-refractivity contribution < 1.29 is 18.0 Å². The molecule has 1 aliphatic rings. The molecule has 1 N–H and O–H groups in total. The predicted molar refractivity (Wildman–Crippen MR) is 108 cm³/mol. The summed E-state index contributed by atoms with van der Waals surface area (Å²) in [6.07, 6.45) is 1.92. The van der Waals surface area contributed by atoms with Crippen LogP contribution in [0.5, 0.6) is 0 Å². The first-order valence-electron chi connectivity index (χ1n) is 9.30. The van der Waals surface area contributed by atoms with Gasteiger partial charge in [-0.2, -0.15) is 4.31 Å². The van der Waals surface area contributed by atoms with Crippen LogP contribution < -0.4 is 5.32 Å². The number of aryl methyl sites for hydroxylation is 1. The van der Waals surface area contributed by atoms with Gasteiger partial charge in [0.05, 0.1) is 10.6 Å². The van der Waals surface area contributed by atoms with Gasteiger partial charge in [0.15, 0.2) is 5.78 Å². The molecule has 0 aromatic heterocycles. The van der Waals surface area contributed by atoms with Gasteiger partial charge in [0.2, 0.25) is 15.9 Å². The number of anilines is 1. The molecule has 2 aromatic carbocycles. The number of benzene rings is 2. The van der Waals surface area contributed by atoms with Gasteiger partial charge in [0, 0.05) is 12.1 Å². The highest BCUT2D eigenvalue weighted by molar-refractivity contribution is 7.89. The molecule has 0 spiro atoms. The quantitative estimate of drug-likeness (QED) is 0.780. The van der Waals surface area contributed by atoms with Gasteiger partial charge in [-0.05, 0) is 51.0 Å². The van der Waals surface area contributed by atoms with Crippen molar-refractivity contribution in [2.45, 2.75) is 44.0 Å². The number of nitrogens with zero attached hydrogens (tertiary/aromatic N) is 1. The number of hydrogen-bond donors (Lipinski definition) is 1. The number of piperidine rings is 1. The van der Waals surface area contributed by atoms with Crippen molar-refractivity contribution in [1.29, 1.82) is 0 Å². The molecule has 1 atom stereocenters. The number of sulfonamides is 1. The second-order valence-corrected chi connectivity index (χ2v) is 8.92. The summed E-state index contributed by atoms with van der Waals surface area (Å²) in [5.41, 5.74) is 1.77. The summed E-state index contributed by atoms with van der Waals surface area (Å²) in [7, 11) is -3.79. The van der Waals surface area contributed by atoms with Gasteiger partial charge in [-0.15, -0.1) is 0 Å². The molecule has 1 heterocycles. The van der Waals surface area contributed by atoms with Crippen LogP contribution in [-0.4, -0.2) is 37.0 Å². The van der Waals surface area contributed by atoms with Gasteiger partial charge in [-0.1, -0.05) is 36.2 Å². The summed E-state index contributed by atoms with van der Waals surface area (Å²) in [6, 6.07) is 12.6. The number of Topliss-reactive ketones (excluding diaryl/α,β-unsaturated/α-hetero) is 1. The van der Waals surface area contributed by atoms with Crippen LogP contribution in [0.2, 0.25) is 0 Å². The van der Waals surface area contributed by atoms with Crippen LogP contribution in [-0.2, 0) is 14.8 Å². The average Bonchev–Trinajstić information content (AvgIpc) is 2.68. The summed E-state index contributed by atoms with van der Waals surface area (Å²) in [6.45, 7) is 3.61. The molecule has 0 saturated carbocycles. The van der Waals surface area contributed by atoms with E-state index in [1.165, 1.54) is 11.2 Å². The number of nitrogens with one attached hydrogen (secondary N) is 1. The molecule has 7 heteroatoms. The van der Waals surface area contributed by atoms with E-state index in [0.717, 1.165) is 12.0 Å². The van der Waals surface area contributed by atoms with E-state index in [-0.39, 0.29) is 10.7 Å². The molecular weight excluding hydrogens is 376 g/mol. The Bertz CT molecular complexity index is 984. The van der Waals surface area contributed by atoms with Crippen LogP contribution in [0.4, 0.5) is 5.69 Å². The van der Waals surface area contributed by atoms with Crippen molar-refractivity contribution in [2.24, 2.45) is 0 Å². The second kappa shape index (κ2) is 8.24. The highest BCUT2D eigenvalue weighted by atomic mass is 32.2. The van der Waals surface area contributed by atoms with Crippen molar-refractivity contribution >= 4 is 27.4 Å². The van der Waals surface area contributed by atoms with Crippen molar-refractivity contribution in [1.82, 2.24) is 4.31 Å².